The van der Waals surface area contributed by atoms with Crippen molar-refractivity contribution >= 4 is 17.7 Å². The molecule has 1 unspecified atom stereocenters. The molecule has 1 aromatic carbocycles. The van der Waals surface area contributed by atoms with E-state index in [1.165, 1.54) is 6.07 Å². The summed E-state index contributed by atoms with van der Waals surface area (Å²) in [6, 6.07) is 5.06. The summed E-state index contributed by atoms with van der Waals surface area (Å²) >= 11 is 1.86. The van der Waals surface area contributed by atoms with Crippen LogP contribution >= 0.6 is 11.8 Å². The highest BCUT2D eigenvalue weighted by Crippen LogP contribution is 2.30. The number of alkyl halides is 3. The second-order valence-corrected chi connectivity index (χ2v) is 7.37. The largest absolute Gasteiger partial charge is 0.416 e. The van der Waals surface area contributed by atoms with Crippen molar-refractivity contribution in [3.63, 3.8) is 0 Å². The maximum atomic E-state index is 12.8. The Balaban J connectivity index is 2.03. The number of likely N-dealkylation sites (tertiary alicyclic amines) is 1. The van der Waals surface area contributed by atoms with Crippen LogP contribution in [-0.2, 0) is 17.4 Å². The molecular formula is C17H22F3NOS. The molecule has 1 amide bonds. The summed E-state index contributed by atoms with van der Waals surface area (Å²) in [5.74, 6) is 0.938. The number of amides is 1. The Morgan fingerprint density at radius 2 is 2.13 bits per heavy atom. The second-order valence-electron chi connectivity index (χ2n) is 5.79. The fourth-order valence-electron chi connectivity index (χ4n) is 2.85. The van der Waals surface area contributed by atoms with E-state index in [4.69, 9.17) is 0 Å². The van der Waals surface area contributed by atoms with E-state index in [-0.39, 0.29) is 12.3 Å². The van der Waals surface area contributed by atoms with Gasteiger partial charge in [0.1, 0.15) is 0 Å². The molecule has 0 radical (unpaired) electrons. The van der Waals surface area contributed by atoms with Crippen LogP contribution in [0.5, 0.6) is 0 Å². The van der Waals surface area contributed by atoms with Gasteiger partial charge in [-0.3, -0.25) is 4.79 Å². The van der Waals surface area contributed by atoms with E-state index in [1.807, 2.05) is 16.7 Å². The Morgan fingerprint density at radius 1 is 1.35 bits per heavy atom. The van der Waals surface area contributed by atoms with E-state index in [1.54, 1.807) is 6.07 Å². The molecule has 0 saturated carbocycles. The monoisotopic (exact) mass is 345 g/mol. The molecule has 1 aliphatic heterocycles. The Kier molecular flexibility index (Phi) is 6.39. The van der Waals surface area contributed by atoms with Crippen molar-refractivity contribution in [3.8, 4) is 0 Å². The third kappa shape index (κ3) is 5.44. The Morgan fingerprint density at radius 3 is 2.83 bits per heavy atom. The zero-order chi connectivity index (χ0) is 16.9. The third-order valence-corrected chi connectivity index (χ3v) is 5.18. The summed E-state index contributed by atoms with van der Waals surface area (Å²) in [6.07, 6.45) is -1.16. The zero-order valence-electron chi connectivity index (χ0n) is 13.2. The molecule has 128 valence electrons. The van der Waals surface area contributed by atoms with Crippen LogP contribution in [0, 0.1) is 0 Å². The molecule has 0 spiro atoms. The van der Waals surface area contributed by atoms with E-state index in [0.29, 0.717) is 23.9 Å². The van der Waals surface area contributed by atoms with Gasteiger partial charge < -0.3 is 4.90 Å². The van der Waals surface area contributed by atoms with Crippen molar-refractivity contribution in [2.45, 2.75) is 44.0 Å². The first kappa shape index (κ1) is 18.2. The first-order chi connectivity index (χ1) is 10.9. The maximum absolute atomic E-state index is 12.8. The first-order valence-electron chi connectivity index (χ1n) is 7.95. The number of rotatable bonds is 4. The van der Waals surface area contributed by atoms with Crippen LogP contribution in [0.4, 0.5) is 13.2 Å². The minimum atomic E-state index is -4.37. The zero-order valence-corrected chi connectivity index (χ0v) is 14.1. The predicted molar refractivity (Wildman–Crippen MR) is 87.5 cm³/mol. The van der Waals surface area contributed by atoms with Crippen molar-refractivity contribution in [2.75, 3.05) is 18.8 Å². The molecule has 0 N–H and O–H groups in total. The molecule has 6 heteroatoms. The lowest BCUT2D eigenvalue weighted by Gasteiger charge is -2.24. The van der Waals surface area contributed by atoms with Gasteiger partial charge >= 0.3 is 6.18 Å². The minimum absolute atomic E-state index is 0.0352. The van der Waals surface area contributed by atoms with Gasteiger partial charge in [-0.15, -0.1) is 0 Å². The van der Waals surface area contributed by atoms with Crippen LogP contribution in [0.2, 0.25) is 0 Å². The van der Waals surface area contributed by atoms with E-state index >= 15 is 0 Å². The average Bonchev–Trinajstić information content (AvgIpc) is 2.73. The highest BCUT2D eigenvalue weighted by molar-refractivity contribution is 7.99. The number of carbonyl (C=O) groups excluding carboxylic acids is 1. The van der Waals surface area contributed by atoms with Crippen LogP contribution in [0.3, 0.4) is 0 Å². The Labute approximate surface area is 139 Å². The van der Waals surface area contributed by atoms with Gasteiger partial charge in [0, 0.05) is 18.3 Å². The Hall–Kier alpha value is -1.17. The van der Waals surface area contributed by atoms with E-state index in [9.17, 15) is 18.0 Å². The average molecular weight is 345 g/mol. The molecule has 1 heterocycles. The summed E-state index contributed by atoms with van der Waals surface area (Å²) < 4.78 is 38.3. The number of hydrogen-bond donors (Lipinski definition) is 0. The molecule has 0 aliphatic carbocycles. The third-order valence-electron chi connectivity index (χ3n) is 3.99. The van der Waals surface area contributed by atoms with Crippen LogP contribution in [-0.4, -0.2) is 34.9 Å². The van der Waals surface area contributed by atoms with Crippen LogP contribution in [0.1, 0.15) is 37.3 Å². The van der Waals surface area contributed by atoms with E-state index in [0.717, 1.165) is 37.1 Å². The maximum Gasteiger partial charge on any atom is 0.416 e. The molecule has 0 bridgehead atoms. The fraction of sp³-hybridized carbons (Fsp3) is 0.588. The van der Waals surface area contributed by atoms with Crippen LogP contribution in [0.25, 0.3) is 0 Å². The quantitative estimate of drug-likeness (QED) is 0.807. The van der Waals surface area contributed by atoms with Gasteiger partial charge in [-0.2, -0.15) is 24.9 Å². The summed E-state index contributed by atoms with van der Waals surface area (Å²) in [5, 5.41) is 0.438. The standard InChI is InChI=1S/C17H22F3NOS/c1-2-23-15-8-3-4-9-21(12-15)16(22)11-13-6-5-7-14(10-13)17(18,19)20/h5-7,10,15H,2-4,8-9,11-12H2,1H3. The molecule has 1 atom stereocenters. The first-order valence-corrected chi connectivity index (χ1v) is 9.00. The normalized spacial score (nSPS) is 19.5. The van der Waals surface area contributed by atoms with Gasteiger partial charge in [0.2, 0.25) is 5.91 Å². The Bertz CT molecular complexity index is 533. The van der Waals surface area contributed by atoms with Gasteiger partial charge in [-0.1, -0.05) is 31.5 Å². The van der Waals surface area contributed by atoms with Gasteiger partial charge in [-0.05, 0) is 30.2 Å². The van der Waals surface area contributed by atoms with E-state index in [2.05, 4.69) is 6.92 Å². The van der Waals surface area contributed by atoms with Gasteiger partial charge in [0.05, 0.1) is 12.0 Å². The number of carbonyl (C=O) groups is 1. The number of thioether (sulfide) groups is 1. The molecule has 0 aromatic heterocycles. The minimum Gasteiger partial charge on any atom is -0.341 e. The molecule has 2 nitrogen and oxygen atoms in total. The summed E-state index contributed by atoms with van der Waals surface area (Å²) in [5.41, 5.74) is -0.271. The lowest BCUT2D eigenvalue weighted by molar-refractivity contribution is -0.138. The molecule has 1 aliphatic rings. The van der Waals surface area contributed by atoms with Crippen molar-refractivity contribution in [1.29, 1.82) is 0 Å². The second kappa shape index (κ2) is 8.08. The number of nitrogens with zero attached hydrogens (tertiary/aromatic N) is 1. The molecule has 23 heavy (non-hydrogen) atoms. The smallest absolute Gasteiger partial charge is 0.341 e. The number of halogens is 3. The summed E-state index contributed by atoms with van der Waals surface area (Å²) in [6.45, 7) is 3.51. The summed E-state index contributed by atoms with van der Waals surface area (Å²) in [4.78, 5) is 14.3. The molecular weight excluding hydrogens is 323 g/mol. The van der Waals surface area contributed by atoms with Crippen LogP contribution in [0.15, 0.2) is 24.3 Å². The van der Waals surface area contributed by atoms with Crippen molar-refractivity contribution in [1.82, 2.24) is 4.90 Å². The van der Waals surface area contributed by atoms with Crippen molar-refractivity contribution < 1.29 is 18.0 Å². The lowest BCUT2D eigenvalue weighted by Crippen LogP contribution is -2.36. The van der Waals surface area contributed by atoms with Crippen LogP contribution < -0.4 is 0 Å². The number of benzene rings is 1. The van der Waals surface area contributed by atoms with Crippen molar-refractivity contribution in [2.24, 2.45) is 0 Å². The summed E-state index contributed by atoms with van der Waals surface area (Å²) in [7, 11) is 0. The number of hydrogen-bond acceptors (Lipinski definition) is 2. The van der Waals surface area contributed by atoms with Gasteiger partial charge in [-0.25, -0.2) is 0 Å². The van der Waals surface area contributed by atoms with Crippen molar-refractivity contribution in [3.05, 3.63) is 35.4 Å². The van der Waals surface area contributed by atoms with E-state index < -0.39 is 11.7 Å². The highest BCUT2D eigenvalue weighted by atomic mass is 32.2. The highest BCUT2D eigenvalue weighted by Gasteiger charge is 2.30. The fourth-order valence-corrected chi connectivity index (χ4v) is 3.94. The molecule has 1 saturated heterocycles. The predicted octanol–water partition coefficient (Wildman–Crippen LogP) is 4.38. The SMILES string of the molecule is CCSC1CCCCN(C(=O)Cc2cccc(C(F)(F)F)c2)C1. The van der Waals surface area contributed by atoms with Gasteiger partial charge in [0.25, 0.3) is 0 Å². The lowest BCUT2D eigenvalue weighted by atomic mass is 10.1. The molecule has 2 rings (SSSR count). The topological polar surface area (TPSA) is 20.3 Å². The molecule has 1 fully saturated rings. The van der Waals surface area contributed by atoms with Gasteiger partial charge in [0.15, 0.2) is 0 Å². The molecule has 1 aromatic rings.